The van der Waals surface area contributed by atoms with Crippen molar-refractivity contribution in [1.82, 2.24) is 4.90 Å². The van der Waals surface area contributed by atoms with Crippen LogP contribution in [0, 0.1) is 0 Å². The van der Waals surface area contributed by atoms with Gasteiger partial charge in [0, 0.05) is 25.4 Å². The van der Waals surface area contributed by atoms with Crippen molar-refractivity contribution < 1.29 is 14.7 Å². The molecule has 0 radical (unpaired) electrons. The molecular weight excluding hydrogens is 218 g/mol. The van der Waals surface area contributed by atoms with Gasteiger partial charge in [-0.3, -0.25) is 9.59 Å². The van der Waals surface area contributed by atoms with Crippen LogP contribution in [0.5, 0.6) is 0 Å². The lowest BCUT2D eigenvalue weighted by Gasteiger charge is -2.35. The van der Waals surface area contributed by atoms with E-state index in [4.69, 9.17) is 5.11 Å². The van der Waals surface area contributed by atoms with Crippen molar-refractivity contribution in [2.45, 2.75) is 51.0 Å². The topological polar surface area (TPSA) is 57.6 Å². The number of hydrogen-bond acceptors (Lipinski definition) is 2. The molecule has 0 aromatic heterocycles. The lowest BCUT2D eigenvalue weighted by Crippen LogP contribution is -2.43. The van der Waals surface area contributed by atoms with Crippen LogP contribution in [0.2, 0.25) is 0 Å². The standard InChI is InChI=1S/C13H21NO3/c1-2-3-7-12(15)14-10-5-4-6-11(14)8-9-13(16)17/h2,11H,1,3-10H2,(H,16,17). The van der Waals surface area contributed by atoms with Crippen LogP contribution >= 0.6 is 0 Å². The number of amides is 1. The van der Waals surface area contributed by atoms with Gasteiger partial charge >= 0.3 is 5.97 Å². The number of allylic oxidation sites excluding steroid dienone is 1. The highest BCUT2D eigenvalue weighted by Crippen LogP contribution is 2.22. The number of carboxylic acids is 1. The first-order valence-corrected chi connectivity index (χ1v) is 6.27. The SMILES string of the molecule is C=CCCC(=O)N1CCCCC1CCC(=O)O. The quantitative estimate of drug-likeness (QED) is 0.723. The highest BCUT2D eigenvalue weighted by atomic mass is 16.4. The molecule has 0 bridgehead atoms. The van der Waals surface area contributed by atoms with Crippen LogP contribution in [-0.2, 0) is 9.59 Å². The third-order valence-electron chi connectivity index (χ3n) is 3.20. The number of hydrogen-bond donors (Lipinski definition) is 1. The second kappa shape index (κ2) is 7.09. The fourth-order valence-electron chi connectivity index (χ4n) is 2.29. The van der Waals surface area contributed by atoms with Gasteiger partial charge in [-0.15, -0.1) is 6.58 Å². The maximum absolute atomic E-state index is 11.9. The van der Waals surface area contributed by atoms with Crippen LogP contribution in [0.1, 0.15) is 44.9 Å². The zero-order valence-electron chi connectivity index (χ0n) is 10.2. The van der Waals surface area contributed by atoms with Crippen molar-refractivity contribution >= 4 is 11.9 Å². The van der Waals surface area contributed by atoms with Crippen LogP contribution in [0.3, 0.4) is 0 Å². The van der Waals surface area contributed by atoms with Gasteiger partial charge < -0.3 is 10.0 Å². The van der Waals surface area contributed by atoms with Crippen molar-refractivity contribution in [2.75, 3.05) is 6.54 Å². The van der Waals surface area contributed by atoms with Gasteiger partial charge in [-0.2, -0.15) is 0 Å². The molecule has 0 saturated carbocycles. The zero-order chi connectivity index (χ0) is 12.7. The number of carbonyl (C=O) groups excluding carboxylic acids is 1. The Morgan fingerprint density at radius 2 is 2.12 bits per heavy atom. The minimum absolute atomic E-state index is 0.122. The maximum atomic E-state index is 11.9. The number of likely N-dealkylation sites (tertiary alicyclic amines) is 1. The smallest absolute Gasteiger partial charge is 0.303 e. The minimum Gasteiger partial charge on any atom is -0.481 e. The first kappa shape index (κ1) is 13.7. The summed E-state index contributed by atoms with van der Waals surface area (Å²) in [4.78, 5) is 24.4. The number of rotatable bonds is 6. The molecule has 96 valence electrons. The van der Waals surface area contributed by atoms with Gasteiger partial charge in [0.2, 0.25) is 5.91 Å². The summed E-state index contributed by atoms with van der Waals surface area (Å²) in [5.74, 6) is -0.644. The van der Waals surface area contributed by atoms with E-state index in [0.29, 0.717) is 19.3 Å². The fraction of sp³-hybridized carbons (Fsp3) is 0.692. The molecule has 0 aromatic carbocycles. The Hall–Kier alpha value is -1.32. The van der Waals surface area contributed by atoms with Crippen molar-refractivity contribution in [3.8, 4) is 0 Å². The van der Waals surface area contributed by atoms with Crippen molar-refractivity contribution in [2.24, 2.45) is 0 Å². The molecule has 1 fully saturated rings. The molecule has 1 N–H and O–H groups in total. The van der Waals surface area contributed by atoms with E-state index in [9.17, 15) is 9.59 Å². The zero-order valence-corrected chi connectivity index (χ0v) is 10.2. The van der Waals surface area contributed by atoms with Gasteiger partial charge in [-0.05, 0) is 32.1 Å². The molecule has 0 spiro atoms. The molecule has 1 unspecified atom stereocenters. The number of carbonyl (C=O) groups is 2. The molecule has 1 rings (SSSR count). The van der Waals surface area contributed by atoms with Crippen molar-refractivity contribution in [3.63, 3.8) is 0 Å². The Labute approximate surface area is 102 Å². The summed E-state index contributed by atoms with van der Waals surface area (Å²) in [6.07, 6.45) is 6.72. The van der Waals surface area contributed by atoms with Gasteiger partial charge in [0.05, 0.1) is 0 Å². The van der Waals surface area contributed by atoms with Crippen molar-refractivity contribution in [1.29, 1.82) is 0 Å². The number of nitrogens with zero attached hydrogens (tertiary/aromatic N) is 1. The van der Waals surface area contributed by atoms with Gasteiger partial charge in [-0.1, -0.05) is 6.08 Å². The van der Waals surface area contributed by atoms with Crippen LogP contribution in [0.15, 0.2) is 12.7 Å². The van der Waals surface area contributed by atoms with Crippen LogP contribution in [0.25, 0.3) is 0 Å². The second-order valence-corrected chi connectivity index (χ2v) is 4.50. The second-order valence-electron chi connectivity index (χ2n) is 4.50. The molecule has 1 amide bonds. The van der Waals surface area contributed by atoms with E-state index in [1.54, 1.807) is 6.08 Å². The maximum Gasteiger partial charge on any atom is 0.303 e. The summed E-state index contributed by atoms with van der Waals surface area (Å²) in [5, 5.41) is 8.69. The molecule has 0 aliphatic carbocycles. The first-order chi connectivity index (χ1) is 8.15. The predicted octanol–water partition coefficient (Wildman–Crippen LogP) is 2.20. The molecule has 1 aliphatic rings. The average molecular weight is 239 g/mol. The van der Waals surface area contributed by atoms with Crippen LogP contribution in [0.4, 0.5) is 0 Å². The largest absolute Gasteiger partial charge is 0.481 e. The Kier molecular flexibility index (Phi) is 5.73. The lowest BCUT2D eigenvalue weighted by molar-refractivity contribution is -0.140. The minimum atomic E-state index is -0.783. The molecule has 0 aromatic rings. The number of piperidine rings is 1. The Bertz CT molecular complexity index is 288. The van der Waals surface area contributed by atoms with E-state index in [0.717, 1.165) is 25.8 Å². The molecule has 4 nitrogen and oxygen atoms in total. The third kappa shape index (κ3) is 4.59. The number of aliphatic carboxylic acids is 1. The molecule has 1 heterocycles. The summed E-state index contributed by atoms with van der Waals surface area (Å²) in [6.45, 7) is 4.39. The number of carboxylic acid groups (broad SMARTS) is 1. The summed E-state index contributed by atoms with van der Waals surface area (Å²) in [5.41, 5.74) is 0. The van der Waals surface area contributed by atoms with Crippen molar-refractivity contribution in [3.05, 3.63) is 12.7 Å². The average Bonchev–Trinajstić information content (AvgIpc) is 2.33. The van der Waals surface area contributed by atoms with Crippen LogP contribution < -0.4 is 0 Å². The van der Waals surface area contributed by atoms with Gasteiger partial charge in [0.25, 0.3) is 0 Å². The molecule has 1 saturated heterocycles. The monoisotopic (exact) mass is 239 g/mol. The van der Waals surface area contributed by atoms with E-state index < -0.39 is 5.97 Å². The van der Waals surface area contributed by atoms with E-state index in [1.165, 1.54) is 0 Å². The Morgan fingerprint density at radius 1 is 1.35 bits per heavy atom. The Morgan fingerprint density at radius 3 is 2.76 bits per heavy atom. The van der Waals surface area contributed by atoms with Gasteiger partial charge in [0.1, 0.15) is 0 Å². The van der Waals surface area contributed by atoms with E-state index in [-0.39, 0.29) is 18.4 Å². The summed E-state index contributed by atoms with van der Waals surface area (Å²) >= 11 is 0. The van der Waals surface area contributed by atoms with Gasteiger partial charge in [0.15, 0.2) is 0 Å². The highest BCUT2D eigenvalue weighted by molar-refractivity contribution is 5.77. The molecule has 1 atom stereocenters. The molecule has 4 heteroatoms. The third-order valence-corrected chi connectivity index (χ3v) is 3.20. The summed E-state index contributed by atoms with van der Waals surface area (Å²) < 4.78 is 0. The molecule has 1 aliphatic heterocycles. The summed E-state index contributed by atoms with van der Waals surface area (Å²) in [6, 6.07) is 0.122. The predicted molar refractivity (Wildman–Crippen MR) is 65.7 cm³/mol. The van der Waals surface area contributed by atoms with E-state index in [2.05, 4.69) is 6.58 Å². The highest BCUT2D eigenvalue weighted by Gasteiger charge is 2.26. The first-order valence-electron chi connectivity index (χ1n) is 6.27. The Balaban J connectivity index is 2.49. The molecular formula is C13H21NO3. The lowest BCUT2D eigenvalue weighted by atomic mass is 9.97. The van der Waals surface area contributed by atoms with E-state index >= 15 is 0 Å². The summed E-state index contributed by atoms with van der Waals surface area (Å²) in [7, 11) is 0. The van der Waals surface area contributed by atoms with Crippen LogP contribution in [-0.4, -0.2) is 34.5 Å². The van der Waals surface area contributed by atoms with Gasteiger partial charge in [-0.25, -0.2) is 0 Å². The fourth-order valence-corrected chi connectivity index (χ4v) is 2.29. The normalized spacial score (nSPS) is 20.0. The van der Waals surface area contributed by atoms with E-state index in [1.807, 2.05) is 4.90 Å². The molecule has 17 heavy (non-hydrogen) atoms.